The summed E-state index contributed by atoms with van der Waals surface area (Å²) in [5, 5.41) is 8.65. The Bertz CT molecular complexity index is 451. The molecule has 3 heteroatoms. The fourth-order valence-electron chi connectivity index (χ4n) is 1.87. The first-order chi connectivity index (χ1) is 9.22. The van der Waals surface area contributed by atoms with E-state index in [1.807, 2.05) is 31.2 Å². The quantitative estimate of drug-likeness (QED) is 0.653. The summed E-state index contributed by atoms with van der Waals surface area (Å²) in [7, 11) is 1.42. The van der Waals surface area contributed by atoms with E-state index < -0.39 is 0 Å². The summed E-state index contributed by atoms with van der Waals surface area (Å²) in [4.78, 5) is 11.7. The van der Waals surface area contributed by atoms with E-state index in [2.05, 4.69) is 11.8 Å². The minimum absolute atomic E-state index is 0.0754. The van der Waals surface area contributed by atoms with Crippen molar-refractivity contribution in [3.05, 3.63) is 35.4 Å². The number of hydrogen-bond donors (Lipinski definition) is 1. The van der Waals surface area contributed by atoms with Crippen LogP contribution in [-0.4, -0.2) is 24.8 Å². The summed E-state index contributed by atoms with van der Waals surface area (Å²) in [5.41, 5.74) is 1.85. The predicted octanol–water partition coefficient (Wildman–Crippen LogP) is 2.48. The van der Waals surface area contributed by atoms with Gasteiger partial charge in [0.15, 0.2) is 0 Å². The van der Waals surface area contributed by atoms with Crippen LogP contribution in [0.1, 0.15) is 43.2 Å². The van der Waals surface area contributed by atoms with E-state index in [4.69, 9.17) is 9.84 Å². The maximum Gasteiger partial charge on any atom is 0.313 e. The number of ether oxygens (including phenoxy) is 1. The molecule has 1 N–H and O–H groups in total. The van der Waals surface area contributed by atoms with Gasteiger partial charge in [-0.05, 0) is 24.1 Å². The minimum atomic E-state index is -0.200. The van der Waals surface area contributed by atoms with Crippen molar-refractivity contribution in [1.29, 1.82) is 0 Å². The Kier molecular flexibility index (Phi) is 6.70. The van der Waals surface area contributed by atoms with E-state index in [-0.39, 0.29) is 18.5 Å². The molecule has 0 saturated heterocycles. The molecule has 0 amide bonds. The van der Waals surface area contributed by atoms with Gasteiger partial charge in [0.05, 0.1) is 19.6 Å². The number of aliphatic hydroxyl groups is 1. The van der Waals surface area contributed by atoms with Gasteiger partial charge in [0.25, 0.3) is 0 Å². The molecule has 0 heterocycles. The molecule has 0 aliphatic rings. The van der Waals surface area contributed by atoms with E-state index in [0.29, 0.717) is 6.42 Å². The van der Waals surface area contributed by atoms with Crippen LogP contribution in [0.4, 0.5) is 0 Å². The lowest BCUT2D eigenvalue weighted by molar-refractivity contribution is -0.142. The largest absolute Gasteiger partial charge is 0.469 e. The maximum absolute atomic E-state index is 11.7. The molecule has 102 valence electrons. The van der Waals surface area contributed by atoms with Crippen LogP contribution in [0.2, 0.25) is 0 Å². The van der Waals surface area contributed by atoms with E-state index in [0.717, 1.165) is 24.0 Å². The number of carbonyl (C=O) groups excluding carboxylic acids is 1. The molecular weight excluding hydrogens is 240 g/mol. The molecule has 0 fully saturated rings. The van der Waals surface area contributed by atoms with Crippen molar-refractivity contribution in [3.8, 4) is 11.8 Å². The molecule has 19 heavy (non-hydrogen) atoms. The zero-order chi connectivity index (χ0) is 14.1. The molecule has 0 bridgehead atoms. The molecular formula is C16H20O3. The normalized spacial score (nSPS) is 11.3. The van der Waals surface area contributed by atoms with Crippen LogP contribution in [0.3, 0.4) is 0 Å². The van der Waals surface area contributed by atoms with E-state index >= 15 is 0 Å². The Balaban J connectivity index is 2.84. The highest BCUT2D eigenvalue weighted by Gasteiger charge is 2.19. The number of carbonyl (C=O) groups is 1. The summed E-state index contributed by atoms with van der Waals surface area (Å²) < 4.78 is 4.83. The summed E-state index contributed by atoms with van der Waals surface area (Å²) in [6, 6.07) is 7.62. The highest BCUT2D eigenvalue weighted by atomic mass is 16.5. The van der Waals surface area contributed by atoms with Crippen LogP contribution >= 0.6 is 0 Å². The standard InChI is InChI=1S/C16H20O3/c1-3-6-15(16(18)19-2)14-10-8-13(9-11-14)7-4-5-12-17/h8-11,15,17H,3,5-6,12H2,1-2H3/t15-/m1/s1. The van der Waals surface area contributed by atoms with Crippen molar-refractivity contribution in [2.45, 2.75) is 32.1 Å². The number of rotatable bonds is 5. The van der Waals surface area contributed by atoms with Gasteiger partial charge in [-0.3, -0.25) is 4.79 Å². The van der Waals surface area contributed by atoms with Crippen molar-refractivity contribution < 1.29 is 14.6 Å². The molecule has 1 atom stereocenters. The Hall–Kier alpha value is -1.79. The van der Waals surface area contributed by atoms with Crippen LogP contribution < -0.4 is 0 Å². The first-order valence-corrected chi connectivity index (χ1v) is 6.50. The number of aliphatic hydroxyl groups excluding tert-OH is 1. The Labute approximate surface area is 114 Å². The van der Waals surface area contributed by atoms with Crippen molar-refractivity contribution in [2.75, 3.05) is 13.7 Å². The molecule has 0 aromatic heterocycles. The van der Waals surface area contributed by atoms with Crippen LogP contribution in [0.5, 0.6) is 0 Å². The van der Waals surface area contributed by atoms with Crippen molar-refractivity contribution in [3.63, 3.8) is 0 Å². The van der Waals surface area contributed by atoms with Gasteiger partial charge >= 0.3 is 5.97 Å². The van der Waals surface area contributed by atoms with Crippen molar-refractivity contribution in [1.82, 2.24) is 0 Å². The molecule has 0 aliphatic carbocycles. The molecule has 0 unspecified atom stereocenters. The predicted molar refractivity (Wildman–Crippen MR) is 74.7 cm³/mol. The fraction of sp³-hybridized carbons (Fsp3) is 0.438. The summed E-state index contributed by atoms with van der Waals surface area (Å²) in [6.45, 7) is 2.12. The summed E-state index contributed by atoms with van der Waals surface area (Å²) >= 11 is 0. The molecule has 0 aliphatic heterocycles. The van der Waals surface area contributed by atoms with Crippen LogP contribution in [-0.2, 0) is 9.53 Å². The smallest absolute Gasteiger partial charge is 0.313 e. The van der Waals surface area contributed by atoms with Gasteiger partial charge in [-0.1, -0.05) is 37.3 Å². The van der Waals surface area contributed by atoms with Gasteiger partial charge in [0.1, 0.15) is 0 Å². The zero-order valence-corrected chi connectivity index (χ0v) is 11.5. The van der Waals surface area contributed by atoms with E-state index in [9.17, 15) is 4.79 Å². The maximum atomic E-state index is 11.7. The lowest BCUT2D eigenvalue weighted by atomic mass is 9.94. The average Bonchev–Trinajstić information content (AvgIpc) is 2.45. The first kappa shape index (κ1) is 15.3. The highest BCUT2D eigenvalue weighted by molar-refractivity contribution is 5.78. The summed E-state index contributed by atoms with van der Waals surface area (Å²) in [6.07, 6.45) is 2.18. The molecule has 0 saturated carbocycles. The summed E-state index contributed by atoms with van der Waals surface area (Å²) in [5.74, 6) is 5.44. The molecule has 1 aromatic rings. The van der Waals surface area contributed by atoms with Gasteiger partial charge in [-0.25, -0.2) is 0 Å². The number of benzene rings is 1. The van der Waals surface area contributed by atoms with Gasteiger partial charge in [0.2, 0.25) is 0 Å². The monoisotopic (exact) mass is 260 g/mol. The second-order valence-electron chi connectivity index (χ2n) is 4.26. The van der Waals surface area contributed by atoms with Crippen LogP contribution in [0, 0.1) is 11.8 Å². The molecule has 0 spiro atoms. The minimum Gasteiger partial charge on any atom is -0.469 e. The fourth-order valence-corrected chi connectivity index (χ4v) is 1.87. The molecule has 3 nitrogen and oxygen atoms in total. The Morgan fingerprint density at radius 1 is 1.37 bits per heavy atom. The SMILES string of the molecule is CCC[C@@H](C(=O)OC)c1ccc(C#CCCO)cc1. The van der Waals surface area contributed by atoms with E-state index in [1.165, 1.54) is 7.11 Å². The second-order valence-corrected chi connectivity index (χ2v) is 4.26. The van der Waals surface area contributed by atoms with E-state index in [1.54, 1.807) is 0 Å². The molecule has 1 rings (SSSR count). The van der Waals surface area contributed by atoms with Gasteiger partial charge in [0, 0.05) is 12.0 Å². The lowest BCUT2D eigenvalue weighted by Crippen LogP contribution is -2.14. The number of esters is 1. The lowest BCUT2D eigenvalue weighted by Gasteiger charge is -2.13. The Morgan fingerprint density at radius 2 is 2.05 bits per heavy atom. The van der Waals surface area contributed by atoms with Gasteiger partial charge in [-0.2, -0.15) is 0 Å². The van der Waals surface area contributed by atoms with Crippen LogP contribution in [0.25, 0.3) is 0 Å². The zero-order valence-electron chi connectivity index (χ0n) is 11.5. The average molecular weight is 260 g/mol. The highest BCUT2D eigenvalue weighted by Crippen LogP contribution is 2.23. The topological polar surface area (TPSA) is 46.5 Å². The van der Waals surface area contributed by atoms with Crippen molar-refractivity contribution >= 4 is 5.97 Å². The number of methoxy groups -OCH3 is 1. The van der Waals surface area contributed by atoms with Crippen molar-refractivity contribution in [2.24, 2.45) is 0 Å². The first-order valence-electron chi connectivity index (χ1n) is 6.50. The van der Waals surface area contributed by atoms with Crippen LogP contribution in [0.15, 0.2) is 24.3 Å². The Morgan fingerprint density at radius 3 is 2.58 bits per heavy atom. The third-order valence-electron chi connectivity index (χ3n) is 2.85. The van der Waals surface area contributed by atoms with Gasteiger partial charge < -0.3 is 9.84 Å². The molecule has 1 aromatic carbocycles. The second kappa shape index (κ2) is 8.34. The third kappa shape index (κ3) is 4.76. The number of hydrogen-bond acceptors (Lipinski definition) is 3. The third-order valence-corrected chi connectivity index (χ3v) is 2.85. The van der Waals surface area contributed by atoms with Gasteiger partial charge in [-0.15, -0.1) is 0 Å². The molecule has 0 radical (unpaired) electrons.